The second-order valence-corrected chi connectivity index (χ2v) is 4.16. The molecule has 0 aromatic heterocycles. The highest BCUT2D eigenvalue weighted by Crippen LogP contribution is 2.24. The van der Waals surface area contributed by atoms with Gasteiger partial charge in [-0.25, -0.2) is 9.78 Å². The Morgan fingerprint density at radius 2 is 1.86 bits per heavy atom. The van der Waals surface area contributed by atoms with Crippen LogP contribution in [0.4, 0.5) is 0 Å². The minimum absolute atomic E-state index is 0.0100. The van der Waals surface area contributed by atoms with E-state index in [2.05, 4.69) is 14.8 Å². The second-order valence-electron chi connectivity index (χ2n) is 4.16. The van der Waals surface area contributed by atoms with Gasteiger partial charge < -0.3 is 4.90 Å². The van der Waals surface area contributed by atoms with Crippen LogP contribution in [-0.2, 0) is 19.6 Å². The maximum Gasteiger partial charge on any atom is 0.233 e. The maximum atomic E-state index is 12.0. The molecule has 82 valence electrons. The molecule has 0 aromatic carbocycles. The largest absolute Gasteiger partial charge is 0.343 e. The Kier molecular flexibility index (Phi) is 3.47. The van der Waals surface area contributed by atoms with E-state index in [1.807, 2.05) is 13.8 Å². The van der Waals surface area contributed by atoms with Gasteiger partial charge in [-0.2, -0.15) is 0 Å². The van der Waals surface area contributed by atoms with Crippen LogP contribution < -0.4 is 0 Å². The molecule has 0 unspecified atom stereocenters. The molecule has 0 aliphatic carbocycles. The molecule has 5 nitrogen and oxygen atoms in total. The minimum Gasteiger partial charge on any atom is -0.343 e. The quantitative estimate of drug-likeness (QED) is 0.621. The van der Waals surface area contributed by atoms with Crippen molar-refractivity contribution >= 4 is 5.91 Å². The zero-order valence-electron chi connectivity index (χ0n) is 9.07. The Labute approximate surface area is 83.8 Å². The van der Waals surface area contributed by atoms with E-state index in [1.54, 1.807) is 18.9 Å². The molecule has 14 heavy (non-hydrogen) atoms. The Balaban J connectivity index is 2.66. The molecule has 0 aromatic rings. The highest BCUT2D eigenvalue weighted by Gasteiger charge is 2.40. The first kappa shape index (κ1) is 11.4. The van der Waals surface area contributed by atoms with E-state index < -0.39 is 5.41 Å². The second kappa shape index (κ2) is 4.25. The summed E-state index contributed by atoms with van der Waals surface area (Å²) in [4.78, 5) is 23.0. The molecular formula is C9H17NO4. The van der Waals surface area contributed by atoms with Crippen LogP contribution in [0.3, 0.4) is 0 Å². The number of carbonyl (C=O) groups is 1. The van der Waals surface area contributed by atoms with Crippen LogP contribution in [0.5, 0.6) is 0 Å². The van der Waals surface area contributed by atoms with Gasteiger partial charge in [0.25, 0.3) is 0 Å². The highest BCUT2D eigenvalue weighted by atomic mass is 17.5. The predicted molar refractivity (Wildman–Crippen MR) is 49.0 cm³/mol. The molecule has 0 radical (unpaired) electrons. The summed E-state index contributed by atoms with van der Waals surface area (Å²) >= 11 is 0. The van der Waals surface area contributed by atoms with Gasteiger partial charge in [-0.05, 0) is 20.8 Å². The van der Waals surface area contributed by atoms with Gasteiger partial charge in [-0.1, -0.05) is 5.04 Å². The van der Waals surface area contributed by atoms with Crippen molar-refractivity contribution in [2.45, 2.75) is 26.8 Å². The SMILES string of the molecule is CC(C)N(C)C(=O)C1(C)COOOC1. The van der Waals surface area contributed by atoms with Gasteiger partial charge in [-0.3, -0.25) is 4.79 Å². The Morgan fingerprint density at radius 3 is 2.29 bits per heavy atom. The lowest BCUT2D eigenvalue weighted by Crippen LogP contribution is -2.50. The molecule has 0 atom stereocenters. The summed E-state index contributed by atoms with van der Waals surface area (Å²) in [7, 11) is 1.77. The van der Waals surface area contributed by atoms with Crippen LogP contribution in [-0.4, -0.2) is 37.1 Å². The van der Waals surface area contributed by atoms with Crippen LogP contribution in [0.25, 0.3) is 0 Å². The summed E-state index contributed by atoms with van der Waals surface area (Å²) in [5.74, 6) is 0.0100. The number of hydrogen-bond donors (Lipinski definition) is 0. The van der Waals surface area contributed by atoms with Gasteiger partial charge in [0.2, 0.25) is 5.91 Å². The summed E-state index contributed by atoms with van der Waals surface area (Å²) in [5.41, 5.74) is -0.642. The Morgan fingerprint density at radius 1 is 1.36 bits per heavy atom. The van der Waals surface area contributed by atoms with Gasteiger partial charge in [0.1, 0.15) is 13.2 Å². The van der Waals surface area contributed by atoms with Crippen molar-refractivity contribution in [3.8, 4) is 0 Å². The predicted octanol–water partition coefficient (Wildman–Crippen LogP) is 0.753. The van der Waals surface area contributed by atoms with Crippen molar-refractivity contribution in [1.82, 2.24) is 4.90 Å². The lowest BCUT2D eigenvalue weighted by atomic mass is 9.90. The fourth-order valence-electron chi connectivity index (χ4n) is 1.17. The van der Waals surface area contributed by atoms with Gasteiger partial charge in [-0.15, -0.1) is 0 Å². The van der Waals surface area contributed by atoms with Gasteiger partial charge >= 0.3 is 0 Å². The number of amides is 1. The normalized spacial score (nSPS) is 20.9. The highest BCUT2D eigenvalue weighted by molar-refractivity contribution is 5.82. The van der Waals surface area contributed by atoms with Crippen LogP contribution >= 0.6 is 0 Å². The van der Waals surface area contributed by atoms with E-state index in [0.29, 0.717) is 0 Å². The molecular weight excluding hydrogens is 186 g/mol. The molecule has 0 spiro atoms. The molecule has 0 bridgehead atoms. The number of carbonyl (C=O) groups excluding carboxylic acids is 1. The first-order chi connectivity index (χ1) is 6.47. The van der Waals surface area contributed by atoms with Crippen LogP contribution in [0.2, 0.25) is 0 Å². The summed E-state index contributed by atoms with van der Waals surface area (Å²) in [5, 5.41) is 4.28. The van der Waals surface area contributed by atoms with Gasteiger partial charge in [0, 0.05) is 13.1 Å². The zero-order valence-corrected chi connectivity index (χ0v) is 9.07. The molecule has 1 amide bonds. The molecule has 1 fully saturated rings. The fourth-order valence-corrected chi connectivity index (χ4v) is 1.17. The standard InChI is InChI=1S/C9H17NO4/c1-7(2)10(4)8(11)9(3)5-12-14-13-6-9/h7H,5-6H2,1-4H3. The first-order valence-corrected chi connectivity index (χ1v) is 4.66. The van der Waals surface area contributed by atoms with Gasteiger partial charge in [0.15, 0.2) is 0 Å². The topological polar surface area (TPSA) is 48.0 Å². The lowest BCUT2D eigenvalue weighted by molar-refractivity contribution is -0.545. The third kappa shape index (κ3) is 2.23. The zero-order chi connectivity index (χ0) is 10.8. The van der Waals surface area contributed by atoms with E-state index in [9.17, 15) is 4.79 Å². The molecule has 1 rings (SSSR count). The first-order valence-electron chi connectivity index (χ1n) is 4.66. The van der Waals surface area contributed by atoms with Crippen molar-refractivity contribution < 1.29 is 19.6 Å². The Bertz CT molecular complexity index is 211. The van der Waals surface area contributed by atoms with Crippen molar-refractivity contribution in [3.63, 3.8) is 0 Å². The molecule has 0 saturated carbocycles. The monoisotopic (exact) mass is 203 g/mol. The van der Waals surface area contributed by atoms with E-state index in [1.165, 1.54) is 0 Å². The lowest BCUT2D eigenvalue weighted by Gasteiger charge is -2.34. The number of hydrogen-bond acceptors (Lipinski definition) is 4. The smallest absolute Gasteiger partial charge is 0.233 e. The molecule has 1 saturated heterocycles. The van der Waals surface area contributed by atoms with Gasteiger partial charge in [0.05, 0.1) is 5.41 Å². The number of rotatable bonds is 2. The third-order valence-corrected chi connectivity index (χ3v) is 2.46. The summed E-state index contributed by atoms with van der Waals surface area (Å²) in [6.45, 7) is 6.17. The van der Waals surface area contributed by atoms with Crippen molar-refractivity contribution in [2.24, 2.45) is 5.41 Å². The third-order valence-electron chi connectivity index (χ3n) is 2.46. The van der Waals surface area contributed by atoms with E-state index in [-0.39, 0.29) is 25.2 Å². The van der Waals surface area contributed by atoms with E-state index in [4.69, 9.17) is 0 Å². The van der Waals surface area contributed by atoms with Crippen molar-refractivity contribution in [1.29, 1.82) is 0 Å². The van der Waals surface area contributed by atoms with Crippen LogP contribution in [0.1, 0.15) is 20.8 Å². The van der Waals surface area contributed by atoms with E-state index >= 15 is 0 Å². The molecule has 5 heteroatoms. The molecule has 1 heterocycles. The minimum atomic E-state index is -0.642. The van der Waals surface area contributed by atoms with Crippen LogP contribution in [0, 0.1) is 5.41 Å². The summed E-state index contributed by atoms with van der Waals surface area (Å²) < 4.78 is 0. The van der Waals surface area contributed by atoms with Crippen molar-refractivity contribution in [3.05, 3.63) is 0 Å². The number of nitrogens with zero attached hydrogens (tertiary/aromatic N) is 1. The van der Waals surface area contributed by atoms with Crippen molar-refractivity contribution in [2.75, 3.05) is 20.3 Å². The molecule has 0 N–H and O–H groups in total. The average Bonchev–Trinajstić information content (AvgIpc) is 2.16. The van der Waals surface area contributed by atoms with E-state index in [0.717, 1.165) is 0 Å². The molecule has 1 aliphatic heterocycles. The fraction of sp³-hybridized carbons (Fsp3) is 0.889. The average molecular weight is 203 g/mol. The molecule has 1 aliphatic rings. The summed E-state index contributed by atoms with van der Waals surface area (Å²) in [6, 6.07) is 0.169. The Hall–Kier alpha value is -0.650. The van der Waals surface area contributed by atoms with Crippen LogP contribution in [0.15, 0.2) is 0 Å². The summed E-state index contributed by atoms with van der Waals surface area (Å²) in [6.07, 6.45) is 0. The maximum absolute atomic E-state index is 12.0.